The first-order valence-corrected chi connectivity index (χ1v) is 6.39. The van der Waals surface area contributed by atoms with E-state index in [1.54, 1.807) is 19.9 Å². The summed E-state index contributed by atoms with van der Waals surface area (Å²) in [5.41, 5.74) is 0. The molecular weight excluding hydrogens is 275 g/mol. The number of nitrogens with zero attached hydrogens (tertiary/aromatic N) is 1. The number of halogens is 1. The largest absolute Gasteiger partial charge is 0.504 e. The van der Waals surface area contributed by atoms with Crippen LogP contribution < -0.4 is 10.1 Å². The summed E-state index contributed by atoms with van der Waals surface area (Å²) in [5, 5.41) is 12.3. The fourth-order valence-electron chi connectivity index (χ4n) is 1.51. The first-order valence-electron chi connectivity index (χ1n) is 6.39. The van der Waals surface area contributed by atoms with Gasteiger partial charge in [0.15, 0.2) is 11.6 Å². The topological polar surface area (TPSA) is 71.5 Å². The Kier molecular flexibility index (Phi) is 4.37. The van der Waals surface area contributed by atoms with Crippen LogP contribution >= 0.6 is 0 Å². The third-order valence-corrected chi connectivity index (χ3v) is 2.64. The summed E-state index contributed by atoms with van der Waals surface area (Å²) >= 11 is 0. The van der Waals surface area contributed by atoms with Crippen LogP contribution in [0.3, 0.4) is 0 Å². The zero-order valence-corrected chi connectivity index (χ0v) is 11.6. The Hall–Kier alpha value is -2.63. The quantitative estimate of drug-likeness (QED) is 0.906. The van der Waals surface area contributed by atoms with Crippen LogP contribution in [0, 0.1) is 11.7 Å². The maximum Gasteiger partial charge on any atom is 0.228 e. The van der Waals surface area contributed by atoms with Crippen molar-refractivity contribution in [3.8, 4) is 17.2 Å². The van der Waals surface area contributed by atoms with Gasteiger partial charge in [-0.25, -0.2) is 9.37 Å². The maximum absolute atomic E-state index is 13.0. The Labute approximate surface area is 121 Å². The van der Waals surface area contributed by atoms with Crippen molar-refractivity contribution in [3.63, 3.8) is 0 Å². The molecule has 2 N–H and O–H groups in total. The normalized spacial score (nSPS) is 10.5. The highest BCUT2D eigenvalue weighted by Crippen LogP contribution is 2.29. The SMILES string of the molecule is CC(C)C(=O)Nc1ncc(Oc2cccc(F)c2)cc1O. The molecule has 0 aliphatic carbocycles. The van der Waals surface area contributed by atoms with Crippen molar-refractivity contribution in [2.75, 3.05) is 5.32 Å². The number of aromatic hydroxyl groups is 1. The van der Waals surface area contributed by atoms with Gasteiger partial charge in [-0.15, -0.1) is 0 Å². The van der Waals surface area contributed by atoms with E-state index in [1.165, 1.54) is 30.5 Å². The second-order valence-electron chi connectivity index (χ2n) is 4.74. The lowest BCUT2D eigenvalue weighted by Crippen LogP contribution is -2.18. The molecule has 0 saturated carbocycles. The van der Waals surface area contributed by atoms with Gasteiger partial charge in [0.25, 0.3) is 0 Å². The number of anilines is 1. The number of pyridine rings is 1. The number of aromatic nitrogens is 1. The zero-order chi connectivity index (χ0) is 15.4. The molecule has 2 rings (SSSR count). The molecule has 1 aromatic carbocycles. The van der Waals surface area contributed by atoms with Crippen molar-refractivity contribution in [1.29, 1.82) is 0 Å². The molecule has 0 fully saturated rings. The predicted octanol–water partition coefficient (Wildman–Crippen LogP) is 3.31. The molecule has 1 aromatic heterocycles. The monoisotopic (exact) mass is 290 g/mol. The molecule has 21 heavy (non-hydrogen) atoms. The van der Waals surface area contributed by atoms with E-state index in [1.807, 2.05) is 0 Å². The van der Waals surface area contributed by atoms with E-state index in [0.717, 1.165) is 0 Å². The minimum atomic E-state index is -0.425. The average molecular weight is 290 g/mol. The van der Waals surface area contributed by atoms with Gasteiger partial charge < -0.3 is 15.2 Å². The fourth-order valence-corrected chi connectivity index (χ4v) is 1.51. The highest BCUT2D eigenvalue weighted by molar-refractivity contribution is 5.92. The van der Waals surface area contributed by atoms with Gasteiger partial charge in [0.2, 0.25) is 5.91 Å². The molecule has 0 aliphatic rings. The summed E-state index contributed by atoms with van der Waals surface area (Å²) in [6, 6.07) is 6.90. The summed E-state index contributed by atoms with van der Waals surface area (Å²) in [7, 11) is 0. The van der Waals surface area contributed by atoms with Gasteiger partial charge in [-0.1, -0.05) is 19.9 Å². The van der Waals surface area contributed by atoms with Crippen LogP contribution in [0.5, 0.6) is 17.2 Å². The first kappa shape index (κ1) is 14.8. The third kappa shape index (κ3) is 3.92. The van der Waals surface area contributed by atoms with Gasteiger partial charge in [0.1, 0.15) is 17.3 Å². The second kappa shape index (κ2) is 6.21. The number of nitrogens with one attached hydrogen (secondary N) is 1. The number of benzene rings is 1. The molecule has 0 spiro atoms. The Bertz CT molecular complexity index is 659. The molecule has 1 heterocycles. The number of hydrogen-bond donors (Lipinski definition) is 2. The third-order valence-electron chi connectivity index (χ3n) is 2.64. The van der Waals surface area contributed by atoms with Crippen LogP contribution in [0.4, 0.5) is 10.2 Å². The Morgan fingerprint density at radius 2 is 2.10 bits per heavy atom. The zero-order valence-electron chi connectivity index (χ0n) is 11.6. The summed E-state index contributed by atoms with van der Waals surface area (Å²) in [5.74, 6) is -0.550. The second-order valence-corrected chi connectivity index (χ2v) is 4.74. The minimum absolute atomic E-state index is 0.0558. The van der Waals surface area contributed by atoms with Crippen LogP contribution in [-0.2, 0) is 4.79 Å². The van der Waals surface area contributed by atoms with E-state index in [9.17, 15) is 14.3 Å². The van der Waals surface area contributed by atoms with E-state index in [0.29, 0.717) is 0 Å². The molecule has 110 valence electrons. The van der Waals surface area contributed by atoms with Gasteiger partial charge in [0, 0.05) is 18.1 Å². The summed E-state index contributed by atoms with van der Waals surface area (Å²) in [6.07, 6.45) is 1.33. The van der Waals surface area contributed by atoms with Crippen LogP contribution in [-0.4, -0.2) is 16.0 Å². The van der Waals surface area contributed by atoms with Crippen molar-refractivity contribution >= 4 is 11.7 Å². The molecule has 1 amide bonds. The number of ether oxygens (including phenoxy) is 1. The summed E-state index contributed by atoms with van der Waals surface area (Å²) in [6.45, 7) is 3.46. The first-order chi connectivity index (χ1) is 9.95. The highest BCUT2D eigenvalue weighted by Gasteiger charge is 2.12. The smallest absolute Gasteiger partial charge is 0.228 e. The predicted molar refractivity (Wildman–Crippen MR) is 75.8 cm³/mol. The minimum Gasteiger partial charge on any atom is -0.504 e. The number of rotatable bonds is 4. The van der Waals surface area contributed by atoms with E-state index >= 15 is 0 Å². The molecular formula is C15H15FN2O3. The molecule has 0 saturated heterocycles. The number of carbonyl (C=O) groups is 1. The highest BCUT2D eigenvalue weighted by atomic mass is 19.1. The molecule has 0 unspecified atom stereocenters. The van der Waals surface area contributed by atoms with E-state index < -0.39 is 5.82 Å². The fraction of sp³-hybridized carbons (Fsp3) is 0.200. The van der Waals surface area contributed by atoms with Gasteiger partial charge in [-0.05, 0) is 12.1 Å². The summed E-state index contributed by atoms with van der Waals surface area (Å²) in [4.78, 5) is 15.5. The molecule has 0 bridgehead atoms. The van der Waals surface area contributed by atoms with Crippen LogP contribution in [0.2, 0.25) is 0 Å². The Morgan fingerprint density at radius 1 is 1.33 bits per heavy atom. The number of carbonyl (C=O) groups excluding carboxylic acids is 1. The lowest BCUT2D eigenvalue weighted by molar-refractivity contribution is -0.118. The standard InChI is InChI=1S/C15H15FN2O3/c1-9(2)15(20)18-14-13(19)7-12(8-17-14)21-11-5-3-4-10(16)6-11/h3-9,19H,1-2H3,(H,17,18,20). The number of amides is 1. The van der Waals surface area contributed by atoms with Crippen molar-refractivity contribution in [1.82, 2.24) is 4.98 Å². The number of hydrogen-bond acceptors (Lipinski definition) is 4. The summed E-state index contributed by atoms with van der Waals surface area (Å²) < 4.78 is 18.4. The van der Waals surface area contributed by atoms with Gasteiger partial charge in [-0.3, -0.25) is 4.79 Å². The van der Waals surface area contributed by atoms with Gasteiger partial charge in [0.05, 0.1) is 6.20 Å². The molecule has 5 nitrogen and oxygen atoms in total. The molecule has 6 heteroatoms. The maximum atomic E-state index is 13.0. The molecule has 0 radical (unpaired) electrons. The average Bonchev–Trinajstić information content (AvgIpc) is 2.41. The van der Waals surface area contributed by atoms with Gasteiger partial charge in [-0.2, -0.15) is 0 Å². The van der Waals surface area contributed by atoms with Crippen LogP contribution in [0.1, 0.15) is 13.8 Å². The van der Waals surface area contributed by atoms with Crippen LogP contribution in [0.15, 0.2) is 36.5 Å². The van der Waals surface area contributed by atoms with Crippen molar-refractivity contribution in [3.05, 3.63) is 42.3 Å². The van der Waals surface area contributed by atoms with Crippen LogP contribution in [0.25, 0.3) is 0 Å². The van der Waals surface area contributed by atoms with Gasteiger partial charge >= 0.3 is 0 Å². The lowest BCUT2D eigenvalue weighted by Gasteiger charge is -2.10. The van der Waals surface area contributed by atoms with Crippen molar-refractivity contribution < 1.29 is 19.0 Å². The van der Waals surface area contributed by atoms with E-state index in [4.69, 9.17) is 4.74 Å². The lowest BCUT2D eigenvalue weighted by atomic mass is 10.2. The van der Waals surface area contributed by atoms with Crippen molar-refractivity contribution in [2.45, 2.75) is 13.8 Å². The molecule has 0 atom stereocenters. The molecule has 2 aromatic rings. The van der Waals surface area contributed by atoms with Crippen molar-refractivity contribution in [2.24, 2.45) is 5.92 Å². The van der Waals surface area contributed by atoms with E-state index in [-0.39, 0.29) is 34.9 Å². The Balaban J connectivity index is 2.13. The molecule has 0 aliphatic heterocycles. The Morgan fingerprint density at radius 3 is 2.71 bits per heavy atom. The van der Waals surface area contributed by atoms with E-state index in [2.05, 4.69) is 10.3 Å².